The number of hydrogen-bond acceptors (Lipinski definition) is 5. The molecule has 1 aromatic carbocycles. The number of rotatable bonds is 6. The average molecular weight is 327 g/mol. The van der Waals surface area contributed by atoms with Crippen LogP contribution >= 0.6 is 0 Å². The van der Waals surface area contributed by atoms with Gasteiger partial charge >= 0.3 is 12.0 Å². The van der Waals surface area contributed by atoms with E-state index in [0.717, 1.165) is 10.8 Å². The van der Waals surface area contributed by atoms with Gasteiger partial charge in [-0.2, -0.15) is 5.26 Å². The predicted octanol–water partition coefficient (Wildman–Crippen LogP) is 2.25. The predicted molar refractivity (Wildman–Crippen MR) is 86.3 cm³/mol. The van der Waals surface area contributed by atoms with Crippen molar-refractivity contribution in [3.63, 3.8) is 0 Å². The molecule has 0 unspecified atom stereocenters. The van der Waals surface area contributed by atoms with Crippen molar-refractivity contribution in [1.29, 1.82) is 5.26 Å². The van der Waals surface area contributed by atoms with Gasteiger partial charge in [0.25, 0.3) is 5.56 Å². The highest BCUT2D eigenvalue weighted by molar-refractivity contribution is 5.86. The van der Waals surface area contributed by atoms with Crippen LogP contribution in [0.5, 0.6) is 6.01 Å². The Hall–Kier alpha value is -3.14. The van der Waals surface area contributed by atoms with Gasteiger partial charge in [0.15, 0.2) is 0 Å². The molecule has 2 rings (SSSR count). The van der Waals surface area contributed by atoms with Crippen molar-refractivity contribution in [3.8, 4) is 17.8 Å². The van der Waals surface area contributed by atoms with Gasteiger partial charge in [0, 0.05) is 0 Å². The molecule has 124 valence electrons. The molecule has 0 fully saturated rings. The van der Waals surface area contributed by atoms with E-state index >= 15 is 0 Å². The van der Waals surface area contributed by atoms with Crippen LogP contribution in [0.4, 0.5) is 0 Å². The molecule has 7 heteroatoms. The first-order valence-electron chi connectivity index (χ1n) is 7.30. The number of para-hydroxylation sites is 1. The van der Waals surface area contributed by atoms with Gasteiger partial charge in [-0.05, 0) is 32.4 Å². The van der Waals surface area contributed by atoms with Crippen molar-refractivity contribution in [2.75, 3.05) is 6.61 Å². The summed E-state index contributed by atoms with van der Waals surface area (Å²) in [4.78, 5) is 27.6. The number of aromatic carboxylic acids is 1. The zero-order valence-electron chi connectivity index (χ0n) is 13.4. The van der Waals surface area contributed by atoms with Crippen LogP contribution in [-0.2, 0) is 0 Å². The minimum absolute atomic E-state index is 0.00932. The highest BCUT2D eigenvalue weighted by Gasteiger charge is 2.20. The highest BCUT2D eigenvalue weighted by atomic mass is 16.5. The van der Waals surface area contributed by atoms with Crippen LogP contribution in [0.15, 0.2) is 41.3 Å². The number of carboxylic acids is 1. The maximum Gasteiger partial charge on any atom is 0.342 e. The summed E-state index contributed by atoms with van der Waals surface area (Å²) in [7, 11) is 0. The van der Waals surface area contributed by atoms with E-state index in [2.05, 4.69) is 11.1 Å². The molecule has 0 saturated heterocycles. The van der Waals surface area contributed by atoms with Crippen LogP contribution in [0.1, 0.15) is 30.6 Å². The zero-order valence-corrected chi connectivity index (χ0v) is 13.4. The van der Waals surface area contributed by atoms with E-state index in [1.807, 2.05) is 0 Å². The van der Waals surface area contributed by atoms with Crippen molar-refractivity contribution in [2.45, 2.75) is 20.3 Å². The maximum atomic E-state index is 12.5. The Morgan fingerprint density at radius 1 is 1.38 bits per heavy atom. The molecule has 0 radical (unpaired) electrons. The molecule has 0 aliphatic carbocycles. The standard InChI is InChI=1S/C17H17N3O4/c1-17(2,11-18)8-9-24-16-19-10-13(15(22)23)14(21)20(16)12-6-4-3-5-7-12/h3-7,10H,8-9H2,1-2H3,(H,22,23). The van der Waals surface area contributed by atoms with Crippen LogP contribution in [0, 0.1) is 16.7 Å². The number of nitriles is 1. The first kappa shape index (κ1) is 17.2. The summed E-state index contributed by atoms with van der Waals surface area (Å²) in [6, 6.07) is 10.7. The van der Waals surface area contributed by atoms with Gasteiger partial charge in [-0.3, -0.25) is 4.79 Å². The lowest BCUT2D eigenvalue weighted by atomic mass is 9.92. The fraction of sp³-hybridized carbons (Fsp3) is 0.294. The van der Waals surface area contributed by atoms with Crippen LogP contribution in [0.2, 0.25) is 0 Å². The minimum atomic E-state index is -1.35. The molecule has 0 spiro atoms. The number of benzene rings is 1. The number of nitrogens with zero attached hydrogens (tertiary/aromatic N) is 3. The monoisotopic (exact) mass is 327 g/mol. The molecule has 0 atom stereocenters. The van der Waals surface area contributed by atoms with Crippen molar-refractivity contribution in [2.24, 2.45) is 5.41 Å². The van der Waals surface area contributed by atoms with Crippen LogP contribution in [0.3, 0.4) is 0 Å². The number of aromatic nitrogens is 2. The third-order valence-corrected chi connectivity index (χ3v) is 3.43. The van der Waals surface area contributed by atoms with Gasteiger partial charge in [0.05, 0.1) is 30.0 Å². The second-order valence-corrected chi connectivity index (χ2v) is 5.83. The number of ether oxygens (including phenoxy) is 1. The molecule has 1 heterocycles. The molecule has 7 nitrogen and oxygen atoms in total. The highest BCUT2D eigenvalue weighted by Crippen LogP contribution is 2.20. The van der Waals surface area contributed by atoms with E-state index in [0.29, 0.717) is 12.1 Å². The van der Waals surface area contributed by atoms with E-state index in [-0.39, 0.29) is 12.6 Å². The van der Waals surface area contributed by atoms with Gasteiger partial charge in [-0.1, -0.05) is 18.2 Å². The molecule has 1 N–H and O–H groups in total. The van der Waals surface area contributed by atoms with Gasteiger partial charge in [-0.15, -0.1) is 0 Å². The van der Waals surface area contributed by atoms with Crippen molar-refractivity contribution < 1.29 is 14.6 Å². The maximum absolute atomic E-state index is 12.5. The molecule has 0 aliphatic rings. The fourth-order valence-corrected chi connectivity index (χ4v) is 1.95. The summed E-state index contributed by atoms with van der Waals surface area (Å²) in [5, 5.41) is 18.1. The van der Waals surface area contributed by atoms with E-state index in [9.17, 15) is 9.59 Å². The lowest BCUT2D eigenvalue weighted by Crippen LogP contribution is -2.28. The van der Waals surface area contributed by atoms with Crippen LogP contribution in [0.25, 0.3) is 5.69 Å². The Morgan fingerprint density at radius 3 is 2.62 bits per heavy atom. The summed E-state index contributed by atoms with van der Waals surface area (Å²) in [5.41, 5.74) is -1.28. The summed E-state index contributed by atoms with van der Waals surface area (Å²) in [5.74, 6) is -1.35. The second-order valence-electron chi connectivity index (χ2n) is 5.83. The fourth-order valence-electron chi connectivity index (χ4n) is 1.95. The van der Waals surface area contributed by atoms with Crippen LogP contribution in [-0.4, -0.2) is 27.2 Å². The van der Waals surface area contributed by atoms with Crippen molar-refractivity contribution >= 4 is 5.97 Å². The van der Waals surface area contributed by atoms with Crippen LogP contribution < -0.4 is 10.3 Å². The molecule has 0 amide bonds. The summed E-state index contributed by atoms with van der Waals surface area (Å²) >= 11 is 0. The number of carboxylic acid groups (broad SMARTS) is 1. The third-order valence-electron chi connectivity index (χ3n) is 3.43. The van der Waals surface area contributed by atoms with Gasteiger partial charge in [-0.25, -0.2) is 14.3 Å². The minimum Gasteiger partial charge on any atom is -0.477 e. The summed E-state index contributed by atoms with van der Waals surface area (Å²) in [6.07, 6.45) is 1.42. The van der Waals surface area contributed by atoms with Crippen molar-refractivity contribution in [1.82, 2.24) is 9.55 Å². The van der Waals surface area contributed by atoms with E-state index in [1.54, 1.807) is 44.2 Å². The largest absolute Gasteiger partial charge is 0.477 e. The molecular formula is C17H17N3O4. The molecule has 2 aromatic rings. The van der Waals surface area contributed by atoms with Gasteiger partial charge in [0.1, 0.15) is 5.56 Å². The Morgan fingerprint density at radius 2 is 2.04 bits per heavy atom. The normalized spacial score (nSPS) is 10.9. The zero-order chi connectivity index (χ0) is 17.7. The Balaban J connectivity index is 2.42. The molecule has 1 aromatic heterocycles. The second kappa shape index (κ2) is 6.96. The molecule has 24 heavy (non-hydrogen) atoms. The summed E-state index contributed by atoms with van der Waals surface area (Å²) < 4.78 is 6.67. The Kier molecular flexibility index (Phi) is 4.99. The van der Waals surface area contributed by atoms with Crippen molar-refractivity contribution in [3.05, 3.63) is 52.4 Å². The molecular weight excluding hydrogens is 310 g/mol. The third kappa shape index (κ3) is 3.79. The van der Waals surface area contributed by atoms with Gasteiger partial charge in [0.2, 0.25) is 0 Å². The smallest absolute Gasteiger partial charge is 0.342 e. The Bertz CT molecular complexity index is 835. The number of hydrogen-bond donors (Lipinski definition) is 1. The summed E-state index contributed by atoms with van der Waals surface area (Å²) in [6.45, 7) is 3.73. The topological polar surface area (TPSA) is 105 Å². The van der Waals surface area contributed by atoms with Gasteiger partial charge < -0.3 is 9.84 Å². The van der Waals surface area contributed by atoms with E-state index in [1.165, 1.54) is 0 Å². The number of carbonyl (C=O) groups is 1. The Labute approximate surface area is 138 Å². The lowest BCUT2D eigenvalue weighted by molar-refractivity contribution is 0.0693. The average Bonchev–Trinajstić information content (AvgIpc) is 2.55. The first-order valence-corrected chi connectivity index (χ1v) is 7.30. The first-order chi connectivity index (χ1) is 11.4. The molecule has 0 saturated carbocycles. The SMILES string of the molecule is CC(C)(C#N)CCOc1ncc(C(=O)O)c(=O)n1-c1ccccc1. The molecule has 0 aliphatic heterocycles. The molecule has 0 bridgehead atoms. The quantitative estimate of drug-likeness (QED) is 0.872. The van der Waals surface area contributed by atoms with E-state index < -0.39 is 22.5 Å². The van der Waals surface area contributed by atoms with E-state index in [4.69, 9.17) is 15.1 Å². The lowest BCUT2D eigenvalue weighted by Gasteiger charge is -2.17.